The normalized spacial score (nSPS) is 11.7. The van der Waals surface area contributed by atoms with E-state index in [9.17, 15) is 0 Å². The Kier molecular flexibility index (Phi) is 9.27. The standard InChI is InChI=1S/C41H40Si2/c1-8-22-36(23-9-1)42(37-24-10-2-11-25-37,38-26-12-3-13-27-38)34-20-7-21-35-43(39-28-14-4-15-29-39,40-30-16-5-17-31-40)41-32-18-6-19-33-41/h1-6,8-19,22-33H,7,20-21,34-35H2. The van der Waals surface area contributed by atoms with Crippen molar-refractivity contribution < 1.29 is 0 Å². The lowest BCUT2D eigenvalue weighted by Gasteiger charge is -2.35. The first-order chi connectivity index (χ1) is 21.3. The van der Waals surface area contributed by atoms with Gasteiger partial charge in [0.15, 0.2) is 0 Å². The van der Waals surface area contributed by atoms with Crippen molar-refractivity contribution in [2.45, 2.75) is 31.4 Å². The predicted octanol–water partition coefficient (Wildman–Crippen LogP) is 6.50. The smallest absolute Gasteiger partial charge is 0.0624 e. The van der Waals surface area contributed by atoms with E-state index in [1.54, 1.807) is 0 Å². The van der Waals surface area contributed by atoms with Crippen molar-refractivity contribution in [1.29, 1.82) is 0 Å². The zero-order valence-corrected chi connectivity index (χ0v) is 26.9. The first-order valence-corrected chi connectivity index (χ1v) is 20.1. The Hall–Kier alpha value is -4.25. The van der Waals surface area contributed by atoms with Crippen molar-refractivity contribution in [2.24, 2.45) is 0 Å². The van der Waals surface area contributed by atoms with Gasteiger partial charge in [-0.15, -0.1) is 0 Å². The highest BCUT2D eigenvalue weighted by molar-refractivity contribution is 7.12. The summed E-state index contributed by atoms with van der Waals surface area (Å²) in [6.45, 7) is 0. The summed E-state index contributed by atoms with van der Waals surface area (Å²) in [5, 5.41) is 9.05. The summed E-state index contributed by atoms with van der Waals surface area (Å²) < 4.78 is 0. The van der Waals surface area contributed by atoms with Gasteiger partial charge < -0.3 is 0 Å². The lowest BCUT2D eigenvalue weighted by atomic mass is 10.3. The Morgan fingerprint density at radius 3 is 0.605 bits per heavy atom. The van der Waals surface area contributed by atoms with E-state index in [0.29, 0.717) is 0 Å². The van der Waals surface area contributed by atoms with Crippen LogP contribution in [0.4, 0.5) is 0 Å². The number of rotatable bonds is 12. The molecule has 0 N–H and O–H groups in total. The van der Waals surface area contributed by atoms with E-state index in [0.717, 1.165) is 0 Å². The average Bonchev–Trinajstić information content (AvgIpc) is 3.11. The molecule has 0 atom stereocenters. The van der Waals surface area contributed by atoms with Gasteiger partial charge in [0, 0.05) is 0 Å². The first-order valence-electron chi connectivity index (χ1n) is 15.7. The molecule has 0 heterocycles. The Balaban J connectivity index is 1.33. The van der Waals surface area contributed by atoms with Gasteiger partial charge in [-0.3, -0.25) is 0 Å². The van der Waals surface area contributed by atoms with Crippen molar-refractivity contribution in [2.75, 3.05) is 0 Å². The number of hydrogen-bond donors (Lipinski definition) is 0. The molecule has 0 bridgehead atoms. The van der Waals surface area contributed by atoms with E-state index in [1.165, 1.54) is 62.5 Å². The van der Waals surface area contributed by atoms with Gasteiger partial charge in [0.2, 0.25) is 0 Å². The summed E-state index contributed by atoms with van der Waals surface area (Å²) in [4.78, 5) is 0. The Morgan fingerprint density at radius 1 is 0.233 bits per heavy atom. The quantitative estimate of drug-likeness (QED) is 0.0870. The highest BCUT2D eigenvalue weighted by Crippen LogP contribution is 2.21. The second-order valence-electron chi connectivity index (χ2n) is 11.6. The lowest BCUT2D eigenvalue weighted by molar-refractivity contribution is 0.760. The molecule has 0 aliphatic rings. The van der Waals surface area contributed by atoms with Crippen LogP contribution < -0.4 is 31.1 Å². The second kappa shape index (κ2) is 13.8. The van der Waals surface area contributed by atoms with Crippen LogP contribution in [0, 0.1) is 0 Å². The predicted molar refractivity (Wildman–Crippen MR) is 191 cm³/mol. The summed E-state index contributed by atoms with van der Waals surface area (Å²) in [5.41, 5.74) is 0. The zero-order chi connectivity index (χ0) is 29.2. The van der Waals surface area contributed by atoms with Crippen LogP contribution in [0.25, 0.3) is 0 Å². The molecule has 0 spiro atoms. The largest absolute Gasteiger partial charge is 0.148 e. The summed E-state index contributed by atoms with van der Waals surface area (Å²) in [7, 11) is -4.40. The topological polar surface area (TPSA) is 0 Å². The monoisotopic (exact) mass is 588 g/mol. The Morgan fingerprint density at radius 2 is 0.419 bits per heavy atom. The van der Waals surface area contributed by atoms with Crippen molar-refractivity contribution >= 4 is 47.3 Å². The van der Waals surface area contributed by atoms with Crippen LogP contribution in [0.3, 0.4) is 0 Å². The van der Waals surface area contributed by atoms with Gasteiger partial charge in [-0.1, -0.05) is 201 Å². The maximum absolute atomic E-state index is 2.38. The molecule has 43 heavy (non-hydrogen) atoms. The van der Waals surface area contributed by atoms with Gasteiger partial charge in [0.1, 0.15) is 16.1 Å². The molecular formula is C41H40Si2. The summed E-state index contributed by atoms with van der Waals surface area (Å²) >= 11 is 0. The van der Waals surface area contributed by atoms with Crippen molar-refractivity contribution in [3.63, 3.8) is 0 Å². The number of hydrogen-bond acceptors (Lipinski definition) is 0. The van der Waals surface area contributed by atoms with E-state index < -0.39 is 16.1 Å². The molecule has 6 aromatic rings. The van der Waals surface area contributed by atoms with Crippen molar-refractivity contribution in [3.8, 4) is 0 Å². The third kappa shape index (κ3) is 5.99. The van der Waals surface area contributed by atoms with E-state index in [4.69, 9.17) is 0 Å². The highest BCUT2D eigenvalue weighted by Gasteiger charge is 2.40. The fourth-order valence-electron chi connectivity index (χ4n) is 7.16. The SMILES string of the molecule is c1ccc([Si](CCCCC[Si](c2ccccc2)(c2ccccc2)c2ccccc2)(c2ccccc2)c2ccccc2)cc1. The number of benzene rings is 6. The van der Waals surface area contributed by atoms with Gasteiger partial charge >= 0.3 is 0 Å². The Labute approximate surface area is 259 Å². The molecular weight excluding hydrogens is 549 g/mol. The van der Waals surface area contributed by atoms with Crippen molar-refractivity contribution in [1.82, 2.24) is 0 Å². The van der Waals surface area contributed by atoms with E-state index in [-0.39, 0.29) is 0 Å². The minimum atomic E-state index is -2.20. The average molecular weight is 589 g/mol. The summed E-state index contributed by atoms with van der Waals surface area (Å²) in [5.74, 6) is 0. The van der Waals surface area contributed by atoms with Crippen LogP contribution in [0.5, 0.6) is 0 Å². The summed E-state index contributed by atoms with van der Waals surface area (Å²) in [6, 6.07) is 70.6. The molecule has 212 valence electrons. The van der Waals surface area contributed by atoms with Gasteiger partial charge in [0.05, 0.1) is 0 Å². The first kappa shape index (κ1) is 28.9. The van der Waals surface area contributed by atoms with Crippen LogP contribution in [0.1, 0.15) is 19.3 Å². The maximum atomic E-state index is 2.38. The molecule has 0 unspecified atom stereocenters. The molecule has 6 aromatic carbocycles. The minimum Gasteiger partial charge on any atom is -0.0624 e. The molecule has 0 aliphatic carbocycles. The van der Waals surface area contributed by atoms with E-state index >= 15 is 0 Å². The third-order valence-electron chi connectivity index (χ3n) is 9.20. The minimum absolute atomic E-state index is 1.21. The molecule has 6 rings (SSSR count). The van der Waals surface area contributed by atoms with Gasteiger partial charge in [-0.25, -0.2) is 0 Å². The molecule has 0 radical (unpaired) electrons. The van der Waals surface area contributed by atoms with Crippen LogP contribution in [-0.4, -0.2) is 16.1 Å². The molecule has 0 aromatic heterocycles. The Bertz CT molecular complexity index is 1330. The van der Waals surface area contributed by atoms with Crippen LogP contribution in [0.15, 0.2) is 182 Å². The zero-order valence-electron chi connectivity index (χ0n) is 24.9. The third-order valence-corrected chi connectivity index (χ3v) is 19.3. The fourth-order valence-corrected chi connectivity index (χ4v) is 17.0. The second-order valence-corrected chi connectivity index (χ2v) is 19.7. The van der Waals surface area contributed by atoms with E-state index in [1.807, 2.05) is 0 Å². The number of unbranched alkanes of at least 4 members (excludes halogenated alkanes) is 2. The van der Waals surface area contributed by atoms with Gasteiger partial charge in [-0.2, -0.15) is 0 Å². The molecule has 0 fully saturated rings. The van der Waals surface area contributed by atoms with Gasteiger partial charge in [-0.05, 0) is 43.2 Å². The van der Waals surface area contributed by atoms with Crippen LogP contribution in [0.2, 0.25) is 12.1 Å². The molecule has 0 aliphatic heterocycles. The molecule has 0 nitrogen and oxygen atoms in total. The molecule has 0 saturated carbocycles. The van der Waals surface area contributed by atoms with Gasteiger partial charge in [0.25, 0.3) is 0 Å². The lowest BCUT2D eigenvalue weighted by Crippen LogP contribution is -2.67. The highest BCUT2D eigenvalue weighted by atomic mass is 28.3. The molecule has 2 heteroatoms. The van der Waals surface area contributed by atoms with Crippen LogP contribution >= 0.6 is 0 Å². The fraction of sp³-hybridized carbons (Fsp3) is 0.122. The summed E-state index contributed by atoms with van der Waals surface area (Å²) in [6.07, 6.45) is 3.66. The molecule has 0 saturated heterocycles. The maximum Gasteiger partial charge on any atom is 0.148 e. The van der Waals surface area contributed by atoms with Crippen LogP contribution in [-0.2, 0) is 0 Å². The molecule has 0 amide bonds. The van der Waals surface area contributed by atoms with E-state index in [2.05, 4.69) is 182 Å². The van der Waals surface area contributed by atoms with Crippen molar-refractivity contribution in [3.05, 3.63) is 182 Å².